The van der Waals surface area contributed by atoms with Crippen molar-refractivity contribution in [3.63, 3.8) is 0 Å². The van der Waals surface area contributed by atoms with E-state index in [1.54, 1.807) is 72.2 Å². The van der Waals surface area contributed by atoms with Crippen molar-refractivity contribution in [1.82, 2.24) is 23.8 Å². The molecule has 250 valence electrons. The summed E-state index contributed by atoms with van der Waals surface area (Å²) in [5.74, 6) is 1.48. The summed E-state index contributed by atoms with van der Waals surface area (Å²) < 4.78 is 51.0. The Kier molecular flexibility index (Phi) is 8.31. The van der Waals surface area contributed by atoms with Gasteiger partial charge in [-0.1, -0.05) is 0 Å². The first-order valence-corrected chi connectivity index (χ1v) is 17.7. The first-order chi connectivity index (χ1) is 22.1. The number of rotatable bonds is 5. The van der Waals surface area contributed by atoms with Crippen LogP contribution in [-0.2, 0) is 20.9 Å². The Balaban J connectivity index is 1.39. The van der Waals surface area contributed by atoms with E-state index in [1.807, 2.05) is 27.7 Å². The van der Waals surface area contributed by atoms with Crippen molar-refractivity contribution in [2.75, 3.05) is 18.1 Å². The van der Waals surface area contributed by atoms with E-state index >= 15 is 0 Å². The third-order valence-electron chi connectivity index (χ3n) is 8.70. The zero-order valence-electron chi connectivity index (χ0n) is 27.6. The third-order valence-corrected chi connectivity index (χ3v) is 10.5. The van der Waals surface area contributed by atoms with Gasteiger partial charge in [-0.3, -0.25) is 13.9 Å². The number of fused-ring (bicyclic) bond motifs is 1. The SMILES string of the molecule is Cc1cc(-n2nc3c(c2-n2ccn(-c4ccc(OC5CCS(=N)(=O)CC5)cc4)c2=O)[C@H](C)N(C(=O)OC(C)(C)C)CC3)cc(C)c1F. The van der Waals surface area contributed by atoms with Crippen LogP contribution in [0.3, 0.4) is 0 Å². The number of carbonyl (C=O) groups excluding carboxylic acids is 1. The van der Waals surface area contributed by atoms with Crippen molar-refractivity contribution >= 4 is 15.8 Å². The number of nitrogens with one attached hydrogen (secondary N) is 1. The number of amides is 1. The molecule has 11 nitrogen and oxygen atoms in total. The minimum absolute atomic E-state index is 0.1000. The Morgan fingerprint density at radius 3 is 2.26 bits per heavy atom. The average molecular weight is 665 g/mol. The zero-order chi connectivity index (χ0) is 33.8. The summed E-state index contributed by atoms with van der Waals surface area (Å²) in [5.41, 5.74) is 2.57. The summed E-state index contributed by atoms with van der Waals surface area (Å²) in [6, 6.07) is 10.1. The van der Waals surface area contributed by atoms with Gasteiger partial charge in [0.05, 0.1) is 23.1 Å². The maximum Gasteiger partial charge on any atom is 0.410 e. The Hall–Kier alpha value is -4.39. The van der Waals surface area contributed by atoms with Crippen LogP contribution in [-0.4, -0.2) is 63.9 Å². The number of ether oxygens (including phenoxy) is 2. The van der Waals surface area contributed by atoms with Gasteiger partial charge in [0.2, 0.25) is 0 Å². The van der Waals surface area contributed by atoms with Gasteiger partial charge in [0.25, 0.3) is 0 Å². The van der Waals surface area contributed by atoms with Crippen molar-refractivity contribution in [3.05, 3.63) is 87.5 Å². The van der Waals surface area contributed by atoms with E-state index in [0.29, 0.717) is 71.4 Å². The quantitative estimate of drug-likeness (QED) is 0.279. The van der Waals surface area contributed by atoms with Crippen LogP contribution in [0, 0.1) is 24.4 Å². The van der Waals surface area contributed by atoms with Crippen molar-refractivity contribution in [1.29, 1.82) is 4.78 Å². The third kappa shape index (κ3) is 6.45. The number of aromatic nitrogens is 4. The van der Waals surface area contributed by atoms with Crippen LogP contribution in [0.25, 0.3) is 17.2 Å². The maximum absolute atomic E-state index is 14.7. The highest BCUT2D eigenvalue weighted by molar-refractivity contribution is 7.92. The van der Waals surface area contributed by atoms with E-state index in [4.69, 9.17) is 19.4 Å². The van der Waals surface area contributed by atoms with Crippen LogP contribution in [0.1, 0.15) is 69.0 Å². The Labute approximate surface area is 273 Å². The van der Waals surface area contributed by atoms with E-state index in [1.165, 1.54) is 9.13 Å². The van der Waals surface area contributed by atoms with Crippen LogP contribution >= 0.6 is 0 Å². The number of hydrogen-bond donors (Lipinski definition) is 1. The van der Waals surface area contributed by atoms with E-state index in [-0.39, 0.29) is 17.6 Å². The van der Waals surface area contributed by atoms with Crippen molar-refractivity contribution in [2.24, 2.45) is 0 Å². The lowest BCUT2D eigenvalue weighted by molar-refractivity contribution is 0.0159. The molecule has 2 aliphatic rings. The molecule has 1 N–H and O–H groups in total. The molecule has 0 saturated carbocycles. The van der Waals surface area contributed by atoms with E-state index in [2.05, 4.69) is 0 Å². The predicted molar refractivity (Wildman–Crippen MR) is 177 cm³/mol. The molecular formula is C34H41FN6O5S. The van der Waals surface area contributed by atoms with E-state index in [9.17, 15) is 18.2 Å². The molecule has 0 aliphatic carbocycles. The van der Waals surface area contributed by atoms with Crippen molar-refractivity contribution < 1.29 is 22.9 Å². The van der Waals surface area contributed by atoms with Gasteiger partial charge in [0, 0.05) is 52.2 Å². The Morgan fingerprint density at radius 2 is 1.64 bits per heavy atom. The van der Waals surface area contributed by atoms with E-state index in [0.717, 1.165) is 11.3 Å². The lowest BCUT2D eigenvalue weighted by Crippen LogP contribution is -2.42. The van der Waals surface area contributed by atoms with Gasteiger partial charge in [0.1, 0.15) is 29.1 Å². The van der Waals surface area contributed by atoms with Crippen molar-refractivity contribution in [2.45, 2.75) is 78.6 Å². The fourth-order valence-electron chi connectivity index (χ4n) is 6.30. The monoisotopic (exact) mass is 664 g/mol. The summed E-state index contributed by atoms with van der Waals surface area (Å²) >= 11 is 0. The summed E-state index contributed by atoms with van der Waals surface area (Å²) in [6.45, 7) is 11.1. The molecule has 4 aromatic rings. The fraction of sp³-hybridized carbons (Fsp3) is 0.441. The molecule has 6 rings (SSSR count). The smallest absolute Gasteiger partial charge is 0.410 e. The van der Waals surface area contributed by atoms with Crippen LogP contribution in [0.2, 0.25) is 0 Å². The Morgan fingerprint density at radius 1 is 1.02 bits per heavy atom. The second-order valence-corrected chi connectivity index (χ2v) is 15.9. The second kappa shape index (κ2) is 12.0. The highest BCUT2D eigenvalue weighted by Gasteiger charge is 2.37. The maximum atomic E-state index is 14.7. The number of benzene rings is 2. The first kappa shape index (κ1) is 32.5. The molecule has 2 aromatic heterocycles. The van der Waals surface area contributed by atoms with Crippen LogP contribution in [0.4, 0.5) is 9.18 Å². The number of hydrogen-bond acceptors (Lipinski definition) is 7. The zero-order valence-corrected chi connectivity index (χ0v) is 28.4. The molecule has 0 spiro atoms. The minimum Gasteiger partial charge on any atom is -0.490 e. The lowest BCUT2D eigenvalue weighted by atomic mass is 10.00. The molecule has 47 heavy (non-hydrogen) atoms. The van der Waals surface area contributed by atoms with Gasteiger partial charge in [-0.15, -0.1) is 0 Å². The summed E-state index contributed by atoms with van der Waals surface area (Å²) in [6.07, 6.45) is 4.39. The number of carbonyl (C=O) groups is 1. The molecule has 13 heteroatoms. The molecule has 2 aromatic carbocycles. The topological polar surface area (TPSA) is 124 Å². The number of imidazole rings is 1. The van der Waals surface area contributed by atoms with Crippen LogP contribution in [0.5, 0.6) is 5.75 Å². The normalized spacial score (nSPS) is 21.4. The van der Waals surface area contributed by atoms with Gasteiger partial charge in [-0.2, -0.15) is 5.10 Å². The summed E-state index contributed by atoms with van der Waals surface area (Å²) in [4.78, 5) is 29.0. The highest BCUT2D eigenvalue weighted by Crippen LogP contribution is 2.36. The number of halogens is 1. The number of nitrogens with zero attached hydrogens (tertiary/aromatic N) is 5. The summed E-state index contributed by atoms with van der Waals surface area (Å²) in [5, 5.41) is 4.93. The second-order valence-electron chi connectivity index (χ2n) is 13.4. The molecule has 0 bridgehead atoms. The summed E-state index contributed by atoms with van der Waals surface area (Å²) in [7, 11) is -2.49. The molecule has 0 unspecified atom stereocenters. The first-order valence-electron chi connectivity index (χ1n) is 15.8. The van der Waals surface area contributed by atoms with Gasteiger partial charge < -0.3 is 14.4 Å². The molecular weight excluding hydrogens is 623 g/mol. The molecule has 1 fully saturated rings. The molecule has 0 radical (unpaired) electrons. The minimum atomic E-state index is -2.49. The molecule has 1 atom stereocenters. The molecule has 4 heterocycles. The van der Waals surface area contributed by atoms with Gasteiger partial charge in [0.15, 0.2) is 0 Å². The van der Waals surface area contributed by atoms with Crippen molar-refractivity contribution in [3.8, 4) is 22.9 Å². The van der Waals surface area contributed by atoms with Gasteiger partial charge in [-0.25, -0.2) is 22.9 Å². The highest BCUT2D eigenvalue weighted by atomic mass is 32.2. The van der Waals surface area contributed by atoms with Gasteiger partial charge in [-0.05, 0) is 102 Å². The lowest BCUT2D eigenvalue weighted by Gasteiger charge is -2.34. The standard InChI is InChI=1S/C34H41FN6O5S/c1-21-19-25(20-22(2)30(21)35)41-31(29-23(3)38(14-11-28(29)37-41)33(43)46-34(4,5)6)40-16-15-39(32(40)42)24-7-9-26(10-8-24)45-27-12-17-47(36,44)18-13-27/h7-10,15-16,19-20,23,27,36H,11-14,17-18H2,1-6H3/t23-,27?,47?/m0/s1. The number of aryl methyl sites for hydroxylation is 2. The molecule has 1 amide bonds. The van der Waals surface area contributed by atoms with E-state index < -0.39 is 27.5 Å². The fourth-order valence-corrected chi connectivity index (χ4v) is 7.79. The largest absolute Gasteiger partial charge is 0.490 e. The van der Waals surface area contributed by atoms with Crippen LogP contribution < -0.4 is 10.4 Å². The predicted octanol–water partition coefficient (Wildman–Crippen LogP) is 6.01. The van der Waals surface area contributed by atoms with Gasteiger partial charge >= 0.3 is 11.8 Å². The molecule has 1 saturated heterocycles. The van der Waals surface area contributed by atoms with Crippen LogP contribution in [0.15, 0.2) is 53.6 Å². The Bertz CT molecular complexity index is 1970. The average Bonchev–Trinajstić information content (AvgIpc) is 3.57. The molecule has 2 aliphatic heterocycles.